The maximum atomic E-state index is 12.2. The van der Waals surface area contributed by atoms with Gasteiger partial charge < -0.3 is 20.3 Å². The normalized spacial score (nSPS) is 18.2. The van der Waals surface area contributed by atoms with E-state index >= 15 is 0 Å². The van der Waals surface area contributed by atoms with Crippen molar-refractivity contribution in [1.82, 2.24) is 10.6 Å². The first-order valence-corrected chi connectivity index (χ1v) is 8.33. The van der Waals surface area contributed by atoms with E-state index in [1.807, 2.05) is 51.1 Å². The minimum atomic E-state index is -0.524. The second kappa shape index (κ2) is 8.00. The van der Waals surface area contributed by atoms with Crippen LogP contribution in [0.2, 0.25) is 0 Å². The topological polar surface area (TPSA) is 83.0 Å². The van der Waals surface area contributed by atoms with Gasteiger partial charge in [0.05, 0.1) is 6.04 Å². The molecule has 0 aromatic heterocycles. The number of anilines is 1. The summed E-state index contributed by atoms with van der Waals surface area (Å²) in [5, 5.41) is 6.11. The molecule has 136 valence electrons. The van der Waals surface area contributed by atoms with Gasteiger partial charge >= 0.3 is 5.97 Å². The molecule has 1 saturated heterocycles. The molecular weight excluding hydrogens is 320 g/mol. The van der Waals surface area contributed by atoms with Crippen molar-refractivity contribution in [3.63, 3.8) is 0 Å². The molecule has 1 aromatic rings. The van der Waals surface area contributed by atoms with Crippen molar-refractivity contribution in [2.24, 2.45) is 4.99 Å². The predicted molar refractivity (Wildman–Crippen MR) is 97.5 cm³/mol. The minimum absolute atomic E-state index is 0.0139. The molecule has 0 spiro atoms. The number of ether oxygens (including phenoxy) is 1. The van der Waals surface area contributed by atoms with Crippen LogP contribution in [0.25, 0.3) is 0 Å². The minimum Gasteiger partial charge on any atom is -0.459 e. The van der Waals surface area contributed by atoms with Crippen LogP contribution < -0.4 is 15.5 Å². The molecule has 2 N–H and O–H groups in total. The Labute approximate surface area is 148 Å². The second-order valence-corrected chi connectivity index (χ2v) is 6.90. The summed E-state index contributed by atoms with van der Waals surface area (Å²) < 4.78 is 5.25. The molecule has 0 saturated carbocycles. The molecule has 1 aliphatic rings. The molecule has 1 heterocycles. The summed E-state index contributed by atoms with van der Waals surface area (Å²) in [6.45, 7) is 6.02. The molecule has 0 radical (unpaired) electrons. The number of aliphatic imine (C=N–C) groups is 1. The Morgan fingerprint density at radius 3 is 2.60 bits per heavy atom. The number of carbonyl (C=O) groups excluding carboxylic acids is 2. The number of benzene rings is 1. The Morgan fingerprint density at radius 2 is 2.00 bits per heavy atom. The number of guanidine groups is 1. The Bertz CT molecular complexity index is 637. The highest BCUT2D eigenvalue weighted by Crippen LogP contribution is 2.20. The highest BCUT2D eigenvalue weighted by molar-refractivity contribution is 5.97. The molecule has 1 atom stereocenters. The molecule has 25 heavy (non-hydrogen) atoms. The maximum absolute atomic E-state index is 12.2. The van der Waals surface area contributed by atoms with Crippen LogP contribution in [0.3, 0.4) is 0 Å². The highest BCUT2D eigenvalue weighted by atomic mass is 16.6. The first kappa shape index (κ1) is 18.8. The Morgan fingerprint density at radius 1 is 1.32 bits per heavy atom. The van der Waals surface area contributed by atoms with Gasteiger partial charge in [-0.3, -0.25) is 14.6 Å². The third-order valence-corrected chi connectivity index (χ3v) is 3.58. The largest absolute Gasteiger partial charge is 0.459 e. The van der Waals surface area contributed by atoms with Crippen LogP contribution in [0.15, 0.2) is 35.3 Å². The van der Waals surface area contributed by atoms with Gasteiger partial charge in [-0.25, -0.2) is 0 Å². The number of carbonyl (C=O) groups is 2. The zero-order valence-electron chi connectivity index (χ0n) is 15.2. The van der Waals surface area contributed by atoms with Crippen molar-refractivity contribution >= 4 is 23.5 Å². The fourth-order valence-corrected chi connectivity index (χ4v) is 2.58. The third-order valence-electron chi connectivity index (χ3n) is 3.58. The quantitative estimate of drug-likeness (QED) is 0.488. The fourth-order valence-electron chi connectivity index (χ4n) is 2.58. The van der Waals surface area contributed by atoms with E-state index in [9.17, 15) is 9.59 Å². The van der Waals surface area contributed by atoms with E-state index in [-0.39, 0.29) is 24.5 Å². The van der Waals surface area contributed by atoms with Crippen LogP contribution in [-0.2, 0) is 14.3 Å². The lowest BCUT2D eigenvalue weighted by atomic mass is 10.2. The van der Waals surface area contributed by atoms with Crippen LogP contribution in [0.5, 0.6) is 0 Å². The van der Waals surface area contributed by atoms with Crippen molar-refractivity contribution in [2.75, 3.05) is 25.0 Å². The third kappa shape index (κ3) is 5.77. The zero-order chi connectivity index (χ0) is 18.4. The first-order valence-electron chi connectivity index (χ1n) is 8.33. The summed E-state index contributed by atoms with van der Waals surface area (Å²) in [6, 6.07) is 9.49. The van der Waals surface area contributed by atoms with E-state index < -0.39 is 5.60 Å². The summed E-state index contributed by atoms with van der Waals surface area (Å²) in [5.41, 5.74) is 0.359. The summed E-state index contributed by atoms with van der Waals surface area (Å²) in [6.07, 6.45) is 0.377. The standard InChI is InChI=1S/C18H26N4O3/c1-18(2,3)25-16(24)11-20-17(19-4)21-13-10-15(23)22(12-13)14-8-6-5-7-9-14/h5-9,13H,10-12H2,1-4H3,(H2,19,20,21). The van der Waals surface area contributed by atoms with Gasteiger partial charge in [-0.15, -0.1) is 0 Å². The number of nitrogens with one attached hydrogen (secondary N) is 2. The molecule has 1 unspecified atom stereocenters. The molecule has 1 aromatic carbocycles. The number of para-hydroxylation sites is 1. The van der Waals surface area contributed by atoms with Crippen molar-refractivity contribution in [3.05, 3.63) is 30.3 Å². The van der Waals surface area contributed by atoms with Crippen molar-refractivity contribution < 1.29 is 14.3 Å². The summed E-state index contributed by atoms with van der Waals surface area (Å²) in [5.74, 6) is 0.175. The van der Waals surface area contributed by atoms with Crippen molar-refractivity contribution in [1.29, 1.82) is 0 Å². The lowest BCUT2D eigenvalue weighted by Crippen LogP contribution is -2.46. The molecule has 0 aliphatic carbocycles. The van der Waals surface area contributed by atoms with Crippen molar-refractivity contribution in [2.45, 2.75) is 38.8 Å². The molecule has 7 nitrogen and oxygen atoms in total. The van der Waals surface area contributed by atoms with E-state index in [0.29, 0.717) is 18.9 Å². The smallest absolute Gasteiger partial charge is 0.325 e. The van der Waals surface area contributed by atoms with Gasteiger partial charge in [0.15, 0.2) is 5.96 Å². The van der Waals surface area contributed by atoms with Gasteiger partial charge in [-0.1, -0.05) is 18.2 Å². The second-order valence-electron chi connectivity index (χ2n) is 6.90. The molecule has 1 fully saturated rings. The van der Waals surface area contributed by atoms with Crippen LogP contribution in [0.1, 0.15) is 27.2 Å². The Hall–Kier alpha value is -2.57. The lowest BCUT2D eigenvalue weighted by molar-refractivity contribution is -0.153. The number of hydrogen-bond donors (Lipinski definition) is 2. The number of amides is 1. The predicted octanol–water partition coefficient (Wildman–Crippen LogP) is 1.30. The molecule has 7 heteroatoms. The lowest BCUT2D eigenvalue weighted by Gasteiger charge is -2.21. The van der Waals surface area contributed by atoms with Gasteiger partial charge in [0, 0.05) is 25.7 Å². The average Bonchev–Trinajstić information content (AvgIpc) is 2.91. The van der Waals surface area contributed by atoms with E-state index in [0.717, 1.165) is 5.69 Å². The molecule has 1 amide bonds. The molecule has 2 rings (SSSR count). The Balaban J connectivity index is 1.86. The number of rotatable bonds is 4. The van der Waals surface area contributed by atoms with Crippen LogP contribution in [-0.4, -0.2) is 49.6 Å². The van der Waals surface area contributed by atoms with E-state index in [4.69, 9.17) is 4.74 Å². The Kier molecular flexibility index (Phi) is 6.01. The highest BCUT2D eigenvalue weighted by Gasteiger charge is 2.31. The maximum Gasteiger partial charge on any atom is 0.325 e. The van der Waals surface area contributed by atoms with Crippen LogP contribution in [0.4, 0.5) is 5.69 Å². The first-order chi connectivity index (χ1) is 11.8. The molecular formula is C18H26N4O3. The summed E-state index contributed by atoms with van der Waals surface area (Å²) in [7, 11) is 1.62. The fraction of sp³-hybridized carbons (Fsp3) is 0.500. The number of nitrogens with zero attached hydrogens (tertiary/aromatic N) is 2. The number of hydrogen-bond acceptors (Lipinski definition) is 4. The van der Waals surface area contributed by atoms with E-state index in [1.165, 1.54) is 0 Å². The van der Waals surface area contributed by atoms with Crippen LogP contribution in [0, 0.1) is 0 Å². The summed E-state index contributed by atoms with van der Waals surface area (Å²) >= 11 is 0. The van der Waals surface area contributed by atoms with Gasteiger partial charge in [0.25, 0.3) is 0 Å². The molecule has 1 aliphatic heterocycles. The van der Waals surface area contributed by atoms with Crippen molar-refractivity contribution in [3.8, 4) is 0 Å². The van der Waals surface area contributed by atoms with Crippen LogP contribution >= 0.6 is 0 Å². The van der Waals surface area contributed by atoms with E-state index in [2.05, 4.69) is 15.6 Å². The summed E-state index contributed by atoms with van der Waals surface area (Å²) in [4.78, 5) is 29.9. The zero-order valence-corrected chi connectivity index (χ0v) is 15.2. The van der Waals surface area contributed by atoms with Gasteiger partial charge in [-0.2, -0.15) is 0 Å². The monoisotopic (exact) mass is 346 g/mol. The van der Waals surface area contributed by atoms with Gasteiger partial charge in [0.1, 0.15) is 12.1 Å². The SMILES string of the molecule is CN=C(NCC(=O)OC(C)(C)C)NC1CC(=O)N(c2ccccc2)C1. The average molecular weight is 346 g/mol. The van der Waals surface area contributed by atoms with Gasteiger partial charge in [0.2, 0.25) is 5.91 Å². The van der Waals surface area contributed by atoms with Gasteiger partial charge in [-0.05, 0) is 32.9 Å². The molecule has 0 bridgehead atoms. The number of esters is 1. The van der Waals surface area contributed by atoms with E-state index in [1.54, 1.807) is 11.9 Å².